The van der Waals surface area contributed by atoms with Crippen LogP contribution >= 0.6 is 0 Å². The maximum atomic E-state index is 12.5. The lowest BCUT2D eigenvalue weighted by Crippen LogP contribution is -2.48. The Morgan fingerprint density at radius 2 is 1.82 bits per heavy atom. The quantitative estimate of drug-likeness (QED) is 0.810. The molecule has 1 saturated heterocycles. The van der Waals surface area contributed by atoms with Gasteiger partial charge in [0.2, 0.25) is 5.91 Å². The number of hydrogen-bond acceptors (Lipinski definition) is 3. The number of carbonyl (C=O) groups excluding carboxylic acids is 1. The van der Waals surface area contributed by atoms with Crippen LogP contribution in [0.2, 0.25) is 0 Å². The second kappa shape index (κ2) is 7.50. The van der Waals surface area contributed by atoms with E-state index in [0.29, 0.717) is 5.92 Å². The van der Waals surface area contributed by atoms with Crippen LogP contribution in [0.3, 0.4) is 0 Å². The van der Waals surface area contributed by atoms with E-state index in [0.717, 1.165) is 30.4 Å². The van der Waals surface area contributed by atoms with Gasteiger partial charge in [-0.15, -0.1) is 0 Å². The average molecular weight is 378 g/mol. The van der Waals surface area contributed by atoms with Gasteiger partial charge in [-0.3, -0.25) is 4.79 Å². The third-order valence-electron chi connectivity index (χ3n) is 6.52. The topological polar surface area (TPSA) is 35.6 Å². The molecular weight excluding hydrogens is 346 g/mol. The first-order valence-corrected chi connectivity index (χ1v) is 10.5. The number of anilines is 3. The molecule has 2 aliphatic rings. The van der Waals surface area contributed by atoms with Crippen LogP contribution in [0.4, 0.5) is 17.1 Å². The van der Waals surface area contributed by atoms with E-state index in [9.17, 15) is 4.79 Å². The van der Waals surface area contributed by atoms with Crippen LogP contribution < -0.4 is 15.1 Å². The second-order valence-electron chi connectivity index (χ2n) is 8.56. The van der Waals surface area contributed by atoms with Crippen molar-refractivity contribution < 1.29 is 4.79 Å². The van der Waals surface area contributed by atoms with Gasteiger partial charge in [0.15, 0.2) is 0 Å². The lowest BCUT2D eigenvalue weighted by molar-refractivity contribution is -0.117. The molecule has 2 aromatic carbocycles. The van der Waals surface area contributed by atoms with Crippen LogP contribution in [0.15, 0.2) is 48.5 Å². The van der Waals surface area contributed by atoms with Gasteiger partial charge in [-0.25, -0.2) is 0 Å². The minimum absolute atomic E-state index is 0.112. The molecule has 28 heavy (non-hydrogen) atoms. The van der Waals surface area contributed by atoms with Crippen molar-refractivity contribution in [2.75, 3.05) is 28.2 Å². The zero-order valence-electron chi connectivity index (χ0n) is 17.4. The number of benzene rings is 2. The van der Waals surface area contributed by atoms with E-state index in [1.54, 1.807) is 6.92 Å². The number of nitrogens with zero attached hydrogens (tertiary/aromatic N) is 2. The number of carbonyl (C=O) groups is 1. The van der Waals surface area contributed by atoms with Gasteiger partial charge in [0.25, 0.3) is 0 Å². The molecular formula is C24H31N3O. The van der Waals surface area contributed by atoms with Crippen molar-refractivity contribution in [2.45, 2.75) is 46.2 Å². The Bertz CT molecular complexity index is 850. The average Bonchev–Trinajstić information content (AvgIpc) is 3.12. The Hall–Kier alpha value is -2.49. The first-order valence-electron chi connectivity index (χ1n) is 10.5. The normalized spacial score (nSPS) is 26.9. The minimum Gasteiger partial charge on any atom is -0.378 e. The van der Waals surface area contributed by atoms with Crippen molar-refractivity contribution in [2.24, 2.45) is 11.8 Å². The lowest BCUT2D eigenvalue weighted by atomic mass is 9.82. The van der Waals surface area contributed by atoms with Gasteiger partial charge in [0, 0.05) is 54.6 Å². The maximum absolute atomic E-state index is 12.5. The molecule has 1 N–H and O–H groups in total. The van der Waals surface area contributed by atoms with Crippen LogP contribution in [-0.2, 0) is 4.79 Å². The van der Waals surface area contributed by atoms with Crippen molar-refractivity contribution in [1.29, 1.82) is 0 Å². The zero-order valence-corrected chi connectivity index (χ0v) is 17.4. The Labute approximate surface area is 168 Å². The van der Waals surface area contributed by atoms with E-state index in [1.807, 2.05) is 11.0 Å². The summed E-state index contributed by atoms with van der Waals surface area (Å²) in [6.45, 7) is 10.6. The van der Waals surface area contributed by atoms with Gasteiger partial charge in [-0.2, -0.15) is 0 Å². The first-order chi connectivity index (χ1) is 13.5. The van der Waals surface area contributed by atoms with Crippen LogP contribution in [-0.4, -0.2) is 25.0 Å². The molecule has 2 aromatic rings. The summed E-state index contributed by atoms with van der Waals surface area (Å²) in [5, 5.41) is 3.75. The minimum atomic E-state index is 0.112. The maximum Gasteiger partial charge on any atom is 0.224 e. The standard InChI is InChI=1S/C24H31N3O/c1-16-12-13-26(15-16)21-10-11-23-22(14-21)24(25-20-8-6-5-7-9-20)17(2)18(3)27(23)19(4)28/h5-11,14,16-18,24-25H,12-13,15H2,1-4H3/t16?,17-,18-,24+/m0/s1. The molecule has 4 heteroatoms. The highest BCUT2D eigenvalue weighted by molar-refractivity contribution is 5.94. The van der Waals surface area contributed by atoms with Gasteiger partial charge in [-0.05, 0) is 49.6 Å². The molecule has 0 radical (unpaired) electrons. The predicted molar refractivity (Wildman–Crippen MR) is 117 cm³/mol. The predicted octanol–water partition coefficient (Wildman–Crippen LogP) is 5.08. The van der Waals surface area contributed by atoms with E-state index in [1.165, 1.54) is 17.7 Å². The fraction of sp³-hybridized carbons (Fsp3) is 0.458. The van der Waals surface area contributed by atoms with Crippen molar-refractivity contribution >= 4 is 23.0 Å². The molecule has 4 nitrogen and oxygen atoms in total. The fourth-order valence-electron chi connectivity index (χ4n) is 4.77. The molecule has 4 rings (SSSR count). The van der Waals surface area contributed by atoms with Crippen molar-refractivity contribution in [3.8, 4) is 0 Å². The van der Waals surface area contributed by atoms with Crippen LogP contribution in [0.25, 0.3) is 0 Å². The van der Waals surface area contributed by atoms with Gasteiger partial charge < -0.3 is 15.1 Å². The van der Waals surface area contributed by atoms with E-state index in [-0.39, 0.29) is 18.0 Å². The van der Waals surface area contributed by atoms with Crippen molar-refractivity contribution in [3.05, 3.63) is 54.1 Å². The molecule has 1 amide bonds. The van der Waals surface area contributed by atoms with E-state index in [2.05, 4.69) is 73.5 Å². The molecule has 2 aliphatic heterocycles. The molecule has 0 saturated carbocycles. The first kappa shape index (κ1) is 18.9. The number of rotatable bonds is 3. The van der Waals surface area contributed by atoms with Crippen molar-refractivity contribution in [1.82, 2.24) is 0 Å². The van der Waals surface area contributed by atoms with Gasteiger partial charge in [-0.1, -0.05) is 32.0 Å². The highest BCUT2D eigenvalue weighted by Gasteiger charge is 2.38. The van der Waals surface area contributed by atoms with Gasteiger partial charge in [0.05, 0.1) is 6.04 Å². The van der Waals surface area contributed by atoms with E-state index < -0.39 is 0 Å². The SMILES string of the molecule is CC(=O)N1c2ccc(N3CCC(C)C3)cc2[C@H](Nc2ccccc2)[C@@H](C)[C@@H]1C. The summed E-state index contributed by atoms with van der Waals surface area (Å²) in [5.74, 6) is 1.15. The third kappa shape index (κ3) is 3.36. The summed E-state index contributed by atoms with van der Waals surface area (Å²) in [5.41, 5.74) is 4.66. The molecule has 4 atom stereocenters. The van der Waals surface area contributed by atoms with Gasteiger partial charge in [0.1, 0.15) is 0 Å². The summed E-state index contributed by atoms with van der Waals surface area (Å²) in [6, 6.07) is 17.3. The highest BCUT2D eigenvalue weighted by Crippen LogP contribution is 2.44. The number of nitrogens with one attached hydrogen (secondary N) is 1. The summed E-state index contributed by atoms with van der Waals surface area (Å²) in [7, 11) is 0. The monoisotopic (exact) mass is 377 g/mol. The Balaban J connectivity index is 1.76. The molecule has 0 spiro atoms. The lowest BCUT2D eigenvalue weighted by Gasteiger charge is -2.44. The van der Waals surface area contributed by atoms with Crippen LogP contribution in [0.1, 0.15) is 45.7 Å². The summed E-state index contributed by atoms with van der Waals surface area (Å²) in [6.07, 6.45) is 1.25. The fourth-order valence-corrected chi connectivity index (χ4v) is 4.77. The summed E-state index contributed by atoms with van der Waals surface area (Å²) in [4.78, 5) is 16.9. The summed E-state index contributed by atoms with van der Waals surface area (Å²) >= 11 is 0. The number of hydrogen-bond donors (Lipinski definition) is 1. The Kier molecular flexibility index (Phi) is 5.05. The smallest absolute Gasteiger partial charge is 0.224 e. The van der Waals surface area contributed by atoms with Gasteiger partial charge >= 0.3 is 0 Å². The second-order valence-corrected chi connectivity index (χ2v) is 8.56. The number of fused-ring (bicyclic) bond motifs is 1. The Morgan fingerprint density at radius 1 is 1.07 bits per heavy atom. The molecule has 0 bridgehead atoms. The van der Waals surface area contributed by atoms with Crippen LogP contribution in [0.5, 0.6) is 0 Å². The van der Waals surface area contributed by atoms with Crippen molar-refractivity contribution in [3.63, 3.8) is 0 Å². The third-order valence-corrected chi connectivity index (χ3v) is 6.52. The molecule has 2 heterocycles. The zero-order chi connectivity index (χ0) is 19.8. The summed E-state index contributed by atoms with van der Waals surface area (Å²) < 4.78 is 0. The molecule has 1 fully saturated rings. The van der Waals surface area contributed by atoms with Crippen LogP contribution in [0, 0.1) is 11.8 Å². The highest BCUT2D eigenvalue weighted by atomic mass is 16.2. The molecule has 1 unspecified atom stereocenters. The molecule has 0 aliphatic carbocycles. The number of amides is 1. The van der Waals surface area contributed by atoms with E-state index in [4.69, 9.17) is 0 Å². The molecule has 148 valence electrons. The molecule has 0 aromatic heterocycles. The Morgan fingerprint density at radius 3 is 2.46 bits per heavy atom. The number of para-hydroxylation sites is 1. The largest absolute Gasteiger partial charge is 0.378 e. The van der Waals surface area contributed by atoms with E-state index >= 15 is 0 Å².